The second-order valence-corrected chi connectivity index (χ2v) is 6.88. The van der Waals surface area contributed by atoms with Gasteiger partial charge in [-0.05, 0) is 49.4 Å². The first-order valence-corrected chi connectivity index (χ1v) is 8.60. The number of carbonyl (C=O) groups is 2. The molecule has 1 fully saturated rings. The van der Waals surface area contributed by atoms with Gasteiger partial charge in [-0.15, -0.1) is 11.3 Å². The van der Waals surface area contributed by atoms with E-state index in [0.717, 1.165) is 16.8 Å². The Bertz CT molecular complexity index is 739. The number of hydrogen-bond donors (Lipinski definition) is 0. The van der Waals surface area contributed by atoms with Crippen LogP contribution in [0.1, 0.15) is 27.7 Å². The predicted molar refractivity (Wildman–Crippen MR) is 93.1 cm³/mol. The van der Waals surface area contributed by atoms with E-state index in [1.807, 2.05) is 55.3 Å². The van der Waals surface area contributed by atoms with E-state index in [1.165, 1.54) is 11.3 Å². The Morgan fingerprint density at radius 1 is 1.22 bits per heavy atom. The summed E-state index contributed by atoms with van der Waals surface area (Å²) in [6, 6.07) is 9.34. The van der Waals surface area contributed by atoms with Crippen molar-refractivity contribution in [3.8, 4) is 0 Å². The van der Waals surface area contributed by atoms with E-state index >= 15 is 0 Å². The van der Waals surface area contributed by atoms with Crippen molar-refractivity contribution in [2.24, 2.45) is 0 Å². The van der Waals surface area contributed by atoms with Crippen molar-refractivity contribution in [1.82, 2.24) is 4.90 Å². The van der Waals surface area contributed by atoms with Gasteiger partial charge in [-0.3, -0.25) is 9.59 Å². The largest absolute Gasteiger partial charge is 0.324 e. The molecule has 1 aliphatic heterocycles. The smallest absolute Gasteiger partial charge is 0.264 e. The molecule has 1 aromatic carbocycles. The zero-order valence-electron chi connectivity index (χ0n) is 13.6. The molecule has 1 saturated heterocycles. The summed E-state index contributed by atoms with van der Waals surface area (Å²) in [4.78, 5) is 29.5. The molecule has 1 aliphatic rings. The highest BCUT2D eigenvalue weighted by atomic mass is 32.1. The fourth-order valence-corrected chi connectivity index (χ4v) is 3.62. The van der Waals surface area contributed by atoms with E-state index in [2.05, 4.69) is 0 Å². The van der Waals surface area contributed by atoms with Crippen LogP contribution in [0, 0.1) is 13.8 Å². The monoisotopic (exact) mass is 328 g/mol. The summed E-state index contributed by atoms with van der Waals surface area (Å²) in [6.45, 7) is 6.93. The average Bonchev–Trinajstić information content (AvgIpc) is 3.06. The van der Waals surface area contributed by atoms with Crippen LogP contribution in [0.3, 0.4) is 0 Å². The molecule has 23 heavy (non-hydrogen) atoms. The Morgan fingerprint density at radius 3 is 2.70 bits per heavy atom. The number of thiophene rings is 1. The molecular formula is C18H20N2O2S. The van der Waals surface area contributed by atoms with Gasteiger partial charge in [0.25, 0.3) is 5.91 Å². The maximum Gasteiger partial charge on any atom is 0.264 e. The van der Waals surface area contributed by atoms with Crippen molar-refractivity contribution in [3.63, 3.8) is 0 Å². The normalized spacial score (nSPS) is 18.4. The maximum absolute atomic E-state index is 12.8. The van der Waals surface area contributed by atoms with Crippen molar-refractivity contribution in [3.05, 3.63) is 51.7 Å². The molecular weight excluding hydrogens is 308 g/mol. The third-order valence-electron chi connectivity index (χ3n) is 4.30. The van der Waals surface area contributed by atoms with Crippen LogP contribution in [0.15, 0.2) is 35.7 Å². The number of aryl methyl sites for hydroxylation is 2. The second kappa shape index (κ2) is 6.16. The van der Waals surface area contributed by atoms with Gasteiger partial charge < -0.3 is 9.80 Å². The summed E-state index contributed by atoms with van der Waals surface area (Å²) in [7, 11) is 0. The van der Waals surface area contributed by atoms with E-state index in [9.17, 15) is 9.59 Å². The summed E-state index contributed by atoms with van der Waals surface area (Å²) in [5.74, 6) is -0.0729. The van der Waals surface area contributed by atoms with Crippen LogP contribution in [-0.2, 0) is 4.79 Å². The SMILES string of the molecule is Cc1ccc(C)c(N2CCN(C(=O)c3cccs3)C(C)C2=O)c1. The number of rotatable bonds is 2. The molecule has 0 spiro atoms. The molecule has 3 rings (SSSR count). The topological polar surface area (TPSA) is 40.6 Å². The van der Waals surface area contributed by atoms with Gasteiger partial charge >= 0.3 is 0 Å². The average molecular weight is 328 g/mol. The van der Waals surface area contributed by atoms with Crippen molar-refractivity contribution in [1.29, 1.82) is 0 Å². The Hall–Kier alpha value is -2.14. The molecule has 0 N–H and O–H groups in total. The third kappa shape index (κ3) is 2.88. The lowest BCUT2D eigenvalue weighted by Crippen LogP contribution is -2.57. The molecule has 0 radical (unpaired) electrons. The highest BCUT2D eigenvalue weighted by molar-refractivity contribution is 7.12. The van der Waals surface area contributed by atoms with Crippen molar-refractivity contribution in [2.45, 2.75) is 26.8 Å². The van der Waals surface area contributed by atoms with E-state index in [-0.39, 0.29) is 11.8 Å². The first kappa shape index (κ1) is 15.7. The zero-order valence-corrected chi connectivity index (χ0v) is 14.4. The van der Waals surface area contributed by atoms with Crippen molar-refractivity contribution >= 4 is 28.8 Å². The molecule has 0 aliphatic carbocycles. The van der Waals surface area contributed by atoms with Gasteiger partial charge in [0.2, 0.25) is 5.91 Å². The van der Waals surface area contributed by atoms with Crippen LogP contribution in [-0.4, -0.2) is 35.8 Å². The Kier molecular flexibility index (Phi) is 4.22. The summed E-state index contributed by atoms with van der Waals surface area (Å²) in [5.41, 5.74) is 3.16. The van der Waals surface area contributed by atoms with Gasteiger partial charge in [0.05, 0.1) is 4.88 Å². The molecule has 4 nitrogen and oxygen atoms in total. The number of amides is 2. The summed E-state index contributed by atoms with van der Waals surface area (Å²) >= 11 is 1.41. The Balaban J connectivity index is 1.84. The summed E-state index contributed by atoms with van der Waals surface area (Å²) in [5, 5.41) is 1.88. The first-order valence-electron chi connectivity index (χ1n) is 7.72. The maximum atomic E-state index is 12.8. The summed E-state index contributed by atoms with van der Waals surface area (Å²) < 4.78 is 0. The lowest BCUT2D eigenvalue weighted by Gasteiger charge is -2.39. The van der Waals surface area contributed by atoms with Gasteiger partial charge in [0.1, 0.15) is 6.04 Å². The quantitative estimate of drug-likeness (QED) is 0.849. The molecule has 0 saturated carbocycles. The second-order valence-electron chi connectivity index (χ2n) is 5.93. The highest BCUT2D eigenvalue weighted by Gasteiger charge is 2.36. The van der Waals surface area contributed by atoms with Gasteiger partial charge in [-0.1, -0.05) is 18.2 Å². The van der Waals surface area contributed by atoms with E-state index in [1.54, 1.807) is 11.0 Å². The van der Waals surface area contributed by atoms with E-state index in [4.69, 9.17) is 0 Å². The minimum atomic E-state index is -0.446. The molecule has 2 aromatic rings. The van der Waals surface area contributed by atoms with Crippen LogP contribution in [0.25, 0.3) is 0 Å². The number of piperazine rings is 1. The van der Waals surface area contributed by atoms with E-state index < -0.39 is 6.04 Å². The van der Waals surface area contributed by atoms with Crippen LogP contribution >= 0.6 is 11.3 Å². The molecule has 0 bridgehead atoms. The molecule has 2 heterocycles. The number of benzene rings is 1. The molecule has 1 aromatic heterocycles. The number of anilines is 1. The fourth-order valence-electron chi connectivity index (χ4n) is 2.94. The molecule has 120 valence electrons. The minimum absolute atomic E-state index is 0.0187. The fraction of sp³-hybridized carbons (Fsp3) is 0.333. The van der Waals surface area contributed by atoms with Gasteiger partial charge in [-0.2, -0.15) is 0 Å². The van der Waals surface area contributed by atoms with Crippen molar-refractivity contribution in [2.75, 3.05) is 18.0 Å². The van der Waals surface area contributed by atoms with Gasteiger partial charge in [0.15, 0.2) is 0 Å². The van der Waals surface area contributed by atoms with E-state index in [0.29, 0.717) is 18.0 Å². The van der Waals surface area contributed by atoms with Crippen LogP contribution in [0.5, 0.6) is 0 Å². The third-order valence-corrected chi connectivity index (χ3v) is 5.16. The molecule has 1 atom stereocenters. The Labute approximate surface area is 140 Å². The lowest BCUT2D eigenvalue weighted by atomic mass is 10.1. The van der Waals surface area contributed by atoms with Crippen LogP contribution < -0.4 is 4.90 Å². The van der Waals surface area contributed by atoms with Crippen LogP contribution in [0.2, 0.25) is 0 Å². The molecule has 1 unspecified atom stereocenters. The summed E-state index contributed by atoms with van der Waals surface area (Å²) in [6.07, 6.45) is 0. The Morgan fingerprint density at radius 2 is 2.00 bits per heavy atom. The minimum Gasteiger partial charge on any atom is -0.324 e. The predicted octanol–water partition coefficient (Wildman–Crippen LogP) is 3.24. The number of carbonyl (C=O) groups excluding carboxylic acids is 2. The van der Waals surface area contributed by atoms with Gasteiger partial charge in [0, 0.05) is 18.8 Å². The van der Waals surface area contributed by atoms with Crippen LogP contribution in [0.4, 0.5) is 5.69 Å². The van der Waals surface area contributed by atoms with Gasteiger partial charge in [-0.25, -0.2) is 0 Å². The number of nitrogens with zero attached hydrogens (tertiary/aromatic N) is 2. The first-order chi connectivity index (χ1) is 11.0. The lowest BCUT2D eigenvalue weighted by molar-refractivity contribution is -0.124. The molecule has 2 amide bonds. The zero-order chi connectivity index (χ0) is 16.6. The molecule has 5 heteroatoms. The van der Waals surface area contributed by atoms with Crippen molar-refractivity contribution < 1.29 is 9.59 Å². The number of hydrogen-bond acceptors (Lipinski definition) is 3. The standard InChI is InChI=1S/C18H20N2O2S/c1-12-6-7-13(2)15(11-12)20-9-8-19(14(3)17(20)21)18(22)16-5-4-10-23-16/h4-7,10-11,14H,8-9H2,1-3H3. The highest BCUT2D eigenvalue weighted by Crippen LogP contribution is 2.26.